The Balaban J connectivity index is 2.06. The van der Waals surface area contributed by atoms with Gasteiger partial charge >= 0.3 is 0 Å². The third kappa shape index (κ3) is 2.52. The van der Waals surface area contributed by atoms with Crippen molar-refractivity contribution in [1.82, 2.24) is 0 Å². The molecule has 3 rings (SSSR count). The zero-order chi connectivity index (χ0) is 14.8. The lowest BCUT2D eigenvalue weighted by Crippen LogP contribution is -1.99. The molecule has 0 amide bonds. The highest BCUT2D eigenvalue weighted by Crippen LogP contribution is 2.34. The van der Waals surface area contributed by atoms with Crippen LogP contribution in [0.1, 0.15) is 16.7 Å². The first-order chi connectivity index (χ1) is 10.2. The molecule has 0 bridgehead atoms. The van der Waals surface area contributed by atoms with Gasteiger partial charge in [-0.1, -0.05) is 29.4 Å². The van der Waals surface area contributed by atoms with Crippen molar-refractivity contribution in [2.24, 2.45) is 5.16 Å². The topological polar surface area (TPSA) is 41.8 Å². The van der Waals surface area contributed by atoms with E-state index in [2.05, 4.69) is 5.16 Å². The average Bonchev–Trinajstić information content (AvgIpc) is 2.82. The van der Waals surface area contributed by atoms with Crippen LogP contribution >= 0.6 is 0 Å². The van der Waals surface area contributed by atoms with E-state index in [1.807, 2.05) is 12.1 Å². The highest BCUT2D eigenvalue weighted by atomic mass is 19.1. The first-order valence-corrected chi connectivity index (χ1v) is 6.58. The molecule has 0 saturated heterocycles. The molecule has 2 aromatic rings. The van der Waals surface area contributed by atoms with Crippen LogP contribution in [0.15, 0.2) is 53.2 Å². The number of hydrogen-bond donors (Lipinski definition) is 1. The van der Waals surface area contributed by atoms with E-state index in [-0.39, 0.29) is 11.6 Å². The summed E-state index contributed by atoms with van der Waals surface area (Å²) < 4.78 is 13.0. The third-order valence-electron chi connectivity index (χ3n) is 3.47. The quantitative estimate of drug-likeness (QED) is 0.857. The molecule has 1 aliphatic rings. The SMILES string of the molecule is CON=C1/C(=C/c2ccc(F)cc2)Cc2c(O)cccc21. The minimum atomic E-state index is -0.268. The molecule has 3 nitrogen and oxygen atoms in total. The Bertz CT molecular complexity index is 733. The van der Waals surface area contributed by atoms with Crippen LogP contribution in [0.3, 0.4) is 0 Å². The van der Waals surface area contributed by atoms with Gasteiger partial charge in [-0.3, -0.25) is 0 Å². The second-order valence-corrected chi connectivity index (χ2v) is 4.82. The van der Waals surface area contributed by atoms with Crippen LogP contribution < -0.4 is 0 Å². The smallest absolute Gasteiger partial charge is 0.123 e. The van der Waals surface area contributed by atoms with Crippen molar-refractivity contribution in [2.75, 3.05) is 7.11 Å². The Morgan fingerprint density at radius 3 is 2.67 bits per heavy atom. The molecule has 0 aliphatic heterocycles. The van der Waals surface area contributed by atoms with Crippen LogP contribution in [-0.2, 0) is 11.3 Å². The zero-order valence-electron chi connectivity index (χ0n) is 11.5. The summed E-state index contributed by atoms with van der Waals surface area (Å²) in [4.78, 5) is 4.92. The molecule has 4 heteroatoms. The minimum absolute atomic E-state index is 0.249. The largest absolute Gasteiger partial charge is 0.508 e. The normalized spacial score (nSPS) is 17.2. The number of allylic oxidation sites excluding steroid dienone is 1. The Kier molecular flexibility index (Phi) is 3.44. The van der Waals surface area contributed by atoms with Crippen LogP contribution in [0, 0.1) is 5.82 Å². The lowest BCUT2D eigenvalue weighted by atomic mass is 10.1. The number of fused-ring (bicyclic) bond motifs is 1. The summed E-state index contributed by atoms with van der Waals surface area (Å²) in [5.41, 5.74) is 4.21. The Morgan fingerprint density at radius 1 is 1.19 bits per heavy atom. The minimum Gasteiger partial charge on any atom is -0.508 e. The van der Waals surface area contributed by atoms with Crippen molar-refractivity contribution in [3.63, 3.8) is 0 Å². The average molecular weight is 283 g/mol. The highest BCUT2D eigenvalue weighted by molar-refractivity contribution is 6.19. The van der Waals surface area contributed by atoms with Gasteiger partial charge in [0.25, 0.3) is 0 Å². The number of phenols is 1. The molecule has 0 spiro atoms. The number of nitrogens with zero attached hydrogens (tertiary/aromatic N) is 1. The first kappa shape index (κ1) is 13.4. The van der Waals surface area contributed by atoms with E-state index < -0.39 is 0 Å². The molecule has 1 aliphatic carbocycles. The van der Waals surface area contributed by atoms with Crippen LogP contribution in [0.4, 0.5) is 4.39 Å². The zero-order valence-corrected chi connectivity index (χ0v) is 11.5. The molecule has 0 fully saturated rings. The van der Waals surface area contributed by atoms with Gasteiger partial charge in [-0.15, -0.1) is 0 Å². The molecule has 0 saturated carbocycles. The fourth-order valence-corrected chi connectivity index (χ4v) is 2.51. The van der Waals surface area contributed by atoms with Crippen molar-refractivity contribution < 1.29 is 14.3 Å². The Labute approximate surface area is 122 Å². The van der Waals surface area contributed by atoms with Gasteiger partial charge in [-0.25, -0.2) is 4.39 Å². The van der Waals surface area contributed by atoms with E-state index in [1.165, 1.54) is 19.2 Å². The van der Waals surface area contributed by atoms with Gasteiger partial charge in [0, 0.05) is 17.5 Å². The van der Waals surface area contributed by atoms with E-state index in [1.54, 1.807) is 24.3 Å². The summed E-state index contributed by atoms with van der Waals surface area (Å²) in [7, 11) is 1.49. The lowest BCUT2D eigenvalue weighted by molar-refractivity contribution is 0.214. The maximum atomic E-state index is 13.0. The number of phenolic OH excluding ortho intramolecular Hbond substituents is 1. The van der Waals surface area contributed by atoms with Crippen molar-refractivity contribution in [3.8, 4) is 5.75 Å². The fraction of sp³-hybridized carbons (Fsp3) is 0.118. The van der Waals surface area contributed by atoms with E-state index in [4.69, 9.17) is 4.84 Å². The highest BCUT2D eigenvalue weighted by Gasteiger charge is 2.25. The summed E-state index contributed by atoms with van der Waals surface area (Å²) in [6, 6.07) is 11.6. The van der Waals surface area contributed by atoms with Crippen molar-refractivity contribution in [2.45, 2.75) is 6.42 Å². The molecule has 0 atom stereocenters. The van der Waals surface area contributed by atoms with Crippen molar-refractivity contribution in [3.05, 3.63) is 70.5 Å². The molecule has 0 heterocycles. The molecule has 1 N–H and O–H groups in total. The van der Waals surface area contributed by atoms with Gasteiger partial charge in [-0.2, -0.15) is 0 Å². The second-order valence-electron chi connectivity index (χ2n) is 4.82. The van der Waals surface area contributed by atoms with Gasteiger partial charge in [0.1, 0.15) is 24.4 Å². The lowest BCUT2D eigenvalue weighted by Gasteiger charge is -2.01. The molecule has 21 heavy (non-hydrogen) atoms. The van der Waals surface area contributed by atoms with Gasteiger partial charge < -0.3 is 9.94 Å². The van der Waals surface area contributed by atoms with E-state index in [0.717, 1.165) is 22.3 Å². The maximum absolute atomic E-state index is 13.0. The summed E-state index contributed by atoms with van der Waals surface area (Å²) in [5.74, 6) is -0.0194. The summed E-state index contributed by atoms with van der Waals surface area (Å²) >= 11 is 0. The van der Waals surface area contributed by atoms with E-state index in [0.29, 0.717) is 12.1 Å². The third-order valence-corrected chi connectivity index (χ3v) is 3.47. The molecule has 106 valence electrons. The van der Waals surface area contributed by atoms with Gasteiger partial charge in [0.05, 0.1) is 0 Å². The number of rotatable bonds is 2. The number of benzene rings is 2. The molecular formula is C17H14FNO2. The predicted molar refractivity (Wildman–Crippen MR) is 79.7 cm³/mol. The monoisotopic (exact) mass is 283 g/mol. The van der Waals surface area contributed by atoms with E-state index in [9.17, 15) is 9.50 Å². The fourth-order valence-electron chi connectivity index (χ4n) is 2.51. The van der Waals surface area contributed by atoms with Crippen LogP contribution in [0.2, 0.25) is 0 Å². The number of aromatic hydroxyl groups is 1. The Morgan fingerprint density at radius 2 is 1.95 bits per heavy atom. The van der Waals surface area contributed by atoms with Crippen molar-refractivity contribution >= 4 is 11.8 Å². The van der Waals surface area contributed by atoms with Gasteiger partial charge in [0.15, 0.2) is 0 Å². The van der Waals surface area contributed by atoms with Gasteiger partial charge in [-0.05, 0) is 35.4 Å². The summed E-state index contributed by atoms with van der Waals surface area (Å²) in [5, 5.41) is 14.0. The van der Waals surface area contributed by atoms with Crippen molar-refractivity contribution in [1.29, 1.82) is 0 Å². The molecule has 0 aromatic heterocycles. The maximum Gasteiger partial charge on any atom is 0.123 e. The first-order valence-electron chi connectivity index (χ1n) is 6.58. The summed E-state index contributed by atoms with van der Waals surface area (Å²) in [6.45, 7) is 0. The number of oxime groups is 1. The van der Waals surface area contributed by atoms with E-state index >= 15 is 0 Å². The standard InChI is InChI=1S/C17H14FNO2/c1-21-19-17-12(9-11-5-7-13(18)8-6-11)10-15-14(17)3-2-4-16(15)20/h2-9,20H,10H2,1H3/b12-9+,19-17?. The summed E-state index contributed by atoms with van der Waals surface area (Å²) in [6.07, 6.45) is 2.50. The number of hydrogen-bond acceptors (Lipinski definition) is 3. The molecule has 0 unspecified atom stereocenters. The van der Waals surface area contributed by atoms with Gasteiger partial charge in [0.2, 0.25) is 0 Å². The Hall–Kier alpha value is -2.62. The molecular weight excluding hydrogens is 269 g/mol. The van der Waals surface area contributed by atoms with Crippen LogP contribution in [0.25, 0.3) is 6.08 Å². The molecule has 0 radical (unpaired) electrons. The number of halogens is 1. The second kappa shape index (κ2) is 5.40. The molecule has 2 aromatic carbocycles. The predicted octanol–water partition coefficient (Wildman–Crippen LogP) is 3.52. The van der Waals surface area contributed by atoms with Crippen LogP contribution in [-0.4, -0.2) is 17.9 Å². The van der Waals surface area contributed by atoms with Crippen LogP contribution in [0.5, 0.6) is 5.75 Å².